The summed E-state index contributed by atoms with van der Waals surface area (Å²) in [6, 6.07) is 12.0. The van der Waals surface area contributed by atoms with Crippen LogP contribution in [-0.2, 0) is 6.54 Å². The first-order valence-electron chi connectivity index (χ1n) is 12.9. The monoisotopic (exact) mass is 487 g/mol. The van der Waals surface area contributed by atoms with Crippen LogP contribution in [0.4, 0.5) is 0 Å². The fourth-order valence-corrected chi connectivity index (χ4v) is 5.55. The van der Waals surface area contributed by atoms with Crippen LogP contribution in [0.1, 0.15) is 77.3 Å². The molecule has 5 rings (SSSR count). The Bertz CT molecular complexity index is 1330. The number of methoxy groups -OCH3 is 1. The Morgan fingerprint density at radius 2 is 1.67 bits per heavy atom. The molecule has 1 saturated carbocycles. The van der Waals surface area contributed by atoms with Crippen molar-refractivity contribution in [1.82, 2.24) is 14.8 Å². The second-order valence-electron chi connectivity index (χ2n) is 9.80. The van der Waals surface area contributed by atoms with Gasteiger partial charge >= 0.3 is 0 Å². The molecule has 2 fully saturated rings. The maximum atomic E-state index is 13.5. The van der Waals surface area contributed by atoms with Crippen molar-refractivity contribution in [1.29, 1.82) is 0 Å². The molecule has 1 N–H and O–H groups in total. The molecule has 0 spiro atoms. The Balaban J connectivity index is 1.47. The molecule has 1 aliphatic heterocycles. The van der Waals surface area contributed by atoms with Crippen molar-refractivity contribution in [2.45, 2.75) is 57.5 Å². The lowest BCUT2D eigenvalue weighted by molar-refractivity contribution is 0.0722. The zero-order chi connectivity index (χ0) is 25.1. The van der Waals surface area contributed by atoms with Gasteiger partial charge < -0.3 is 19.5 Å². The second-order valence-corrected chi connectivity index (χ2v) is 9.80. The number of nitrogens with one attached hydrogen (secondary N) is 1. The molecule has 2 heterocycles. The molecule has 1 aromatic heterocycles. The first-order valence-corrected chi connectivity index (χ1v) is 12.9. The van der Waals surface area contributed by atoms with E-state index in [1.165, 1.54) is 0 Å². The molecule has 188 valence electrons. The number of pyridine rings is 1. The number of aromatic nitrogens is 1. The van der Waals surface area contributed by atoms with Crippen molar-refractivity contribution in [2.75, 3.05) is 20.2 Å². The number of nitrogens with zero attached hydrogens (tertiary/aromatic N) is 2. The van der Waals surface area contributed by atoms with E-state index in [9.17, 15) is 14.4 Å². The highest BCUT2D eigenvalue weighted by Gasteiger charge is 2.27. The molecule has 7 nitrogen and oxygen atoms in total. The summed E-state index contributed by atoms with van der Waals surface area (Å²) in [6.07, 6.45) is 10.5. The van der Waals surface area contributed by atoms with E-state index in [2.05, 4.69) is 5.32 Å². The van der Waals surface area contributed by atoms with Crippen LogP contribution in [0.3, 0.4) is 0 Å². The van der Waals surface area contributed by atoms with Crippen molar-refractivity contribution in [2.24, 2.45) is 0 Å². The number of amides is 2. The molecule has 0 bridgehead atoms. The zero-order valence-electron chi connectivity index (χ0n) is 20.8. The van der Waals surface area contributed by atoms with Gasteiger partial charge in [0.2, 0.25) is 5.43 Å². The van der Waals surface area contributed by atoms with Crippen LogP contribution in [0, 0.1) is 0 Å². The van der Waals surface area contributed by atoms with Crippen LogP contribution in [0.15, 0.2) is 53.6 Å². The molecule has 2 aromatic carbocycles. The van der Waals surface area contributed by atoms with E-state index in [-0.39, 0.29) is 29.6 Å². The fourth-order valence-electron chi connectivity index (χ4n) is 5.55. The lowest BCUT2D eigenvalue weighted by atomic mass is 10.0. The van der Waals surface area contributed by atoms with E-state index in [0.717, 1.165) is 61.3 Å². The smallest absolute Gasteiger partial charge is 0.259 e. The van der Waals surface area contributed by atoms with Gasteiger partial charge in [-0.15, -0.1) is 0 Å². The largest absolute Gasteiger partial charge is 0.496 e. The molecule has 1 saturated heterocycles. The third-order valence-corrected chi connectivity index (χ3v) is 7.55. The minimum atomic E-state index is -0.498. The maximum absolute atomic E-state index is 13.5. The van der Waals surface area contributed by atoms with Crippen LogP contribution < -0.4 is 15.5 Å². The van der Waals surface area contributed by atoms with Gasteiger partial charge in [0.25, 0.3) is 11.8 Å². The highest BCUT2D eigenvalue weighted by Crippen LogP contribution is 2.30. The molecule has 3 aromatic rings. The average Bonchev–Trinajstić information content (AvgIpc) is 3.47. The number of hydrogen-bond donors (Lipinski definition) is 1. The summed E-state index contributed by atoms with van der Waals surface area (Å²) in [5.41, 5.74) is 0.464. The Kier molecular flexibility index (Phi) is 7.07. The summed E-state index contributed by atoms with van der Waals surface area (Å²) >= 11 is 0. The number of piperidine rings is 1. The highest BCUT2D eigenvalue weighted by atomic mass is 16.5. The predicted octanol–water partition coefficient (Wildman–Crippen LogP) is 4.68. The number of ether oxygens (including phenoxy) is 1. The minimum absolute atomic E-state index is 0.0176. The molecule has 0 radical (unpaired) electrons. The number of rotatable bonds is 6. The quantitative estimate of drug-likeness (QED) is 0.547. The van der Waals surface area contributed by atoms with E-state index >= 15 is 0 Å². The first-order chi connectivity index (χ1) is 17.6. The van der Waals surface area contributed by atoms with Crippen LogP contribution in [0.2, 0.25) is 0 Å². The van der Waals surface area contributed by atoms with Gasteiger partial charge in [0, 0.05) is 43.6 Å². The average molecular weight is 488 g/mol. The van der Waals surface area contributed by atoms with Gasteiger partial charge in [0.05, 0.1) is 7.11 Å². The van der Waals surface area contributed by atoms with Crippen molar-refractivity contribution < 1.29 is 14.3 Å². The third kappa shape index (κ3) is 4.74. The Labute approximate surface area is 211 Å². The van der Waals surface area contributed by atoms with Gasteiger partial charge in [-0.1, -0.05) is 43.2 Å². The van der Waals surface area contributed by atoms with Crippen molar-refractivity contribution in [3.8, 4) is 5.75 Å². The van der Waals surface area contributed by atoms with E-state index in [1.54, 1.807) is 24.4 Å². The van der Waals surface area contributed by atoms with Gasteiger partial charge in [-0.05, 0) is 48.9 Å². The van der Waals surface area contributed by atoms with Crippen molar-refractivity contribution >= 4 is 22.6 Å². The molecule has 0 unspecified atom stereocenters. The fraction of sp³-hybridized carbons (Fsp3) is 0.414. The van der Waals surface area contributed by atoms with Gasteiger partial charge in [0.15, 0.2) is 0 Å². The lowest BCUT2D eigenvalue weighted by Crippen LogP contribution is -2.40. The van der Waals surface area contributed by atoms with Crippen molar-refractivity contribution in [3.05, 3.63) is 75.7 Å². The van der Waals surface area contributed by atoms with E-state index in [4.69, 9.17) is 4.74 Å². The summed E-state index contributed by atoms with van der Waals surface area (Å²) in [4.78, 5) is 42.0. The highest BCUT2D eigenvalue weighted by molar-refractivity contribution is 5.99. The number of carbonyl (C=O) groups excluding carboxylic acids is 2. The van der Waals surface area contributed by atoms with Gasteiger partial charge in [0.1, 0.15) is 16.9 Å². The van der Waals surface area contributed by atoms with Crippen LogP contribution in [0.5, 0.6) is 5.75 Å². The van der Waals surface area contributed by atoms with Crippen LogP contribution in [-0.4, -0.2) is 41.5 Å². The van der Waals surface area contributed by atoms with Gasteiger partial charge in [-0.3, -0.25) is 14.4 Å². The van der Waals surface area contributed by atoms with Gasteiger partial charge in [-0.25, -0.2) is 0 Å². The molecule has 1 aliphatic carbocycles. The molecular weight excluding hydrogens is 454 g/mol. The predicted molar refractivity (Wildman–Crippen MR) is 140 cm³/mol. The normalized spacial score (nSPS) is 16.3. The van der Waals surface area contributed by atoms with E-state index in [1.807, 2.05) is 41.0 Å². The lowest BCUT2D eigenvalue weighted by Gasteiger charge is -2.27. The molecule has 2 aliphatic rings. The number of fused-ring (bicyclic) bond motifs is 1. The maximum Gasteiger partial charge on any atom is 0.259 e. The SMILES string of the molecule is COc1ccc2ccccc2c1CNC(=O)c1cn(C2CCCC2)cc(C(=O)N2CCCCC2)c1=O. The molecule has 36 heavy (non-hydrogen) atoms. The van der Waals surface area contributed by atoms with Gasteiger partial charge in [-0.2, -0.15) is 0 Å². The minimum Gasteiger partial charge on any atom is -0.496 e. The van der Waals surface area contributed by atoms with E-state index < -0.39 is 11.3 Å². The number of carbonyl (C=O) groups is 2. The Morgan fingerprint density at radius 1 is 0.944 bits per heavy atom. The second kappa shape index (κ2) is 10.6. The Hall–Kier alpha value is -3.61. The number of likely N-dealkylation sites (tertiary alicyclic amines) is 1. The van der Waals surface area contributed by atoms with Crippen molar-refractivity contribution in [3.63, 3.8) is 0 Å². The standard InChI is InChI=1S/C29H33N3O4/c1-36-26-14-13-20-9-3-6-12-22(20)23(26)17-30-28(34)24-18-32(21-10-4-5-11-21)19-25(27(24)33)29(35)31-15-7-2-8-16-31/h3,6,9,12-14,18-19,21H,2,4-5,7-8,10-11,15-17H2,1H3,(H,30,34). The summed E-state index contributed by atoms with van der Waals surface area (Å²) in [5.74, 6) is -0.0711. The number of hydrogen-bond acceptors (Lipinski definition) is 4. The van der Waals surface area contributed by atoms with E-state index in [0.29, 0.717) is 18.8 Å². The Morgan fingerprint density at radius 3 is 2.42 bits per heavy atom. The summed E-state index contributed by atoms with van der Waals surface area (Å²) < 4.78 is 7.48. The molecule has 7 heteroatoms. The first kappa shape index (κ1) is 24.1. The van der Waals surface area contributed by atoms with Crippen LogP contribution in [0.25, 0.3) is 10.8 Å². The molecule has 2 amide bonds. The number of benzene rings is 2. The summed E-state index contributed by atoms with van der Waals surface area (Å²) in [6.45, 7) is 1.51. The third-order valence-electron chi connectivity index (χ3n) is 7.55. The summed E-state index contributed by atoms with van der Waals surface area (Å²) in [7, 11) is 1.60. The zero-order valence-corrected chi connectivity index (χ0v) is 20.8. The topological polar surface area (TPSA) is 80.6 Å². The molecular formula is C29H33N3O4. The molecule has 0 atom stereocenters. The summed E-state index contributed by atoms with van der Waals surface area (Å²) in [5, 5.41) is 4.95. The van der Waals surface area contributed by atoms with Crippen LogP contribution >= 0.6 is 0 Å².